The first-order valence-corrected chi connectivity index (χ1v) is 6.07. The van der Waals surface area contributed by atoms with Crippen molar-refractivity contribution in [3.63, 3.8) is 0 Å². The number of rotatable bonds is 3. The molecule has 6 nitrogen and oxygen atoms in total. The highest BCUT2D eigenvalue weighted by molar-refractivity contribution is 5.92. The first kappa shape index (κ1) is 13.2. The summed E-state index contributed by atoms with van der Waals surface area (Å²) in [6.45, 7) is 5.72. The van der Waals surface area contributed by atoms with E-state index >= 15 is 0 Å². The minimum absolute atomic E-state index is 0.121. The Morgan fingerprint density at radius 1 is 1.26 bits per heavy atom. The van der Waals surface area contributed by atoms with E-state index in [1.807, 2.05) is 27.8 Å². The summed E-state index contributed by atoms with van der Waals surface area (Å²) in [6, 6.07) is -0.121. The van der Waals surface area contributed by atoms with Crippen LogP contribution in [0.4, 0.5) is 0 Å². The van der Waals surface area contributed by atoms with Crippen molar-refractivity contribution in [2.45, 2.75) is 26.8 Å². The molecule has 0 saturated carbocycles. The standard InChI is InChI=1S/C13H17N5O/c1-8-5-15-12(7-14-8)13(19)17-9(2)11-6-16-18(4)10(11)3/h5-7,9H,1-4H3,(H,17,19). The fourth-order valence-corrected chi connectivity index (χ4v) is 1.80. The van der Waals surface area contributed by atoms with E-state index in [4.69, 9.17) is 0 Å². The van der Waals surface area contributed by atoms with E-state index in [2.05, 4.69) is 20.4 Å². The van der Waals surface area contributed by atoms with E-state index in [1.165, 1.54) is 6.20 Å². The van der Waals surface area contributed by atoms with Crippen LogP contribution in [0.1, 0.15) is 40.4 Å². The molecule has 1 unspecified atom stereocenters. The molecule has 19 heavy (non-hydrogen) atoms. The zero-order valence-electron chi connectivity index (χ0n) is 11.5. The van der Waals surface area contributed by atoms with Crippen molar-refractivity contribution in [3.05, 3.63) is 41.2 Å². The molecule has 2 aromatic rings. The van der Waals surface area contributed by atoms with Gasteiger partial charge in [-0.3, -0.25) is 14.5 Å². The monoisotopic (exact) mass is 259 g/mol. The second-order valence-electron chi connectivity index (χ2n) is 4.55. The number of nitrogens with one attached hydrogen (secondary N) is 1. The van der Waals surface area contributed by atoms with Crippen LogP contribution in [0.3, 0.4) is 0 Å². The Bertz CT molecular complexity index is 588. The van der Waals surface area contributed by atoms with Gasteiger partial charge in [-0.25, -0.2) is 4.98 Å². The summed E-state index contributed by atoms with van der Waals surface area (Å²) in [7, 11) is 1.87. The van der Waals surface area contributed by atoms with Crippen molar-refractivity contribution in [1.29, 1.82) is 0 Å². The third-order valence-corrected chi connectivity index (χ3v) is 3.10. The van der Waals surface area contributed by atoms with Gasteiger partial charge in [0, 0.05) is 24.5 Å². The van der Waals surface area contributed by atoms with Crippen molar-refractivity contribution in [3.8, 4) is 0 Å². The molecule has 0 bridgehead atoms. The molecular formula is C13H17N5O. The highest BCUT2D eigenvalue weighted by Gasteiger charge is 2.16. The number of carbonyl (C=O) groups excluding carboxylic acids is 1. The number of carbonyl (C=O) groups is 1. The maximum atomic E-state index is 12.0. The number of hydrogen-bond acceptors (Lipinski definition) is 4. The molecule has 0 aliphatic heterocycles. The van der Waals surface area contributed by atoms with Gasteiger partial charge in [0.15, 0.2) is 0 Å². The largest absolute Gasteiger partial charge is 0.344 e. The number of hydrogen-bond donors (Lipinski definition) is 1. The Morgan fingerprint density at radius 2 is 2.00 bits per heavy atom. The number of aryl methyl sites for hydroxylation is 2. The lowest BCUT2D eigenvalue weighted by atomic mass is 10.1. The van der Waals surface area contributed by atoms with Crippen LogP contribution >= 0.6 is 0 Å². The summed E-state index contributed by atoms with van der Waals surface area (Å²) < 4.78 is 1.78. The van der Waals surface area contributed by atoms with Crippen LogP contribution in [0.25, 0.3) is 0 Å². The zero-order valence-corrected chi connectivity index (χ0v) is 11.5. The van der Waals surface area contributed by atoms with Crippen LogP contribution in [0.15, 0.2) is 18.6 Å². The smallest absolute Gasteiger partial charge is 0.271 e. The summed E-state index contributed by atoms with van der Waals surface area (Å²) in [5, 5.41) is 7.06. The van der Waals surface area contributed by atoms with Gasteiger partial charge in [-0.15, -0.1) is 0 Å². The van der Waals surface area contributed by atoms with Crippen LogP contribution in [-0.2, 0) is 7.05 Å². The van der Waals surface area contributed by atoms with Gasteiger partial charge in [-0.2, -0.15) is 5.10 Å². The maximum Gasteiger partial charge on any atom is 0.271 e. The minimum Gasteiger partial charge on any atom is -0.344 e. The molecule has 2 rings (SSSR count). The van der Waals surface area contributed by atoms with Gasteiger partial charge in [-0.1, -0.05) is 0 Å². The van der Waals surface area contributed by atoms with Gasteiger partial charge in [0.05, 0.1) is 24.1 Å². The van der Waals surface area contributed by atoms with Crippen molar-refractivity contribution in [1.82, 2.24) is 25.1 Å². The predicted molar refractivity (Wildman–Crippen MR) is 70.6 cm³/mol. The van der Waals surface area contributed by atoms with Crippen LogP contribution < -0.4 is 5.32 Å². The van der Waals surface area contributed by atoms with Gasteiger partial charge in [0.25, 0.3) is 5.91 Å². The van der Waals surface area contributed by atoms with Crippen LogP contribution in [-0.4, -0.2) is 25.7 Å². The Balaban J connectivity index is 2.10. The lowest BCUT2D eigenvalue weighted by Crippen LogP contribution is -2.27. The molecule has 2 heterocycles. The van der Waals surface area contributed by atoms with Gasteiger partial charge in [0.2, 0.25) is 0 Å². The molecule has 0 aliphatic rings. The minimum atomic E-state index is -0.233. The third kappa shape index (κ3) is 2.78. The lowest BCUT2D eigenvalue weighted by molar-refractivity contribution is 0.0934. The van der Waals surface area contributed by atoms with E-state index in [0.29, 0.717) is 5.69 Å². The zero-order chi connectivity index (χ0) is 14.0. The molecule has 0 saturated heterocycles. The van der Waals surface area contributed by atoms with Crippen LogP contribution in [0.2, 0.25) is 0 Å². The first-order valence-electron chi connectivity index (χ1n) is 6.07. The molecule has 1 atom stereocenters. The summed E-state index contributed by atoms with van der Waals surface area (Å²) in [6.07, 6.45) is 4.82. The number of aromatic nitrogens is 4. The van der Waals surface area contributed by atoms with Gasteiger partial charge in [0.1, 0.15) is 5.69 Å². The average Bonchev–Trinajstić information content (AvgIpc) is 2.70. The Hall–Kier alpha value is -2.24. The van der Waals surface area contributed by atoms with Gasteiger partial charge in [-0.05, 0) is 20.8 Å². The molecular weight excluding hydrogens is 242 g/mol. The summed E-state index contributed by atoms with van der Waals surface area (Å²) in [5.74, 6) is -0.233. The Morgan fingerprint density at radius 3 is 2.53 bits per heavy atom. The normalized spacial score (nSPS) is 12.2. The maximum absolute atomic E-state index is 12.0. The molecule has 0 aliphatic carbocycles. The predicted octanol–water partition coefficient (Wildman–Crippen LogP) is 1.32. The van der Waals surface area contributed by atoms with Crippen molar-refractivity contribution < 1.29 is 4.79 Å². The van der Waals surface area contributed by atoms with E-state index in [0.717, 1.165) is 17.0 Å². The summed E-state index contributed by atoms with van der Waals surface area (Å²) in [4.78, 5) is 20.1. The second-order valence-corrected chi connectivity index (χ2v) is 4.55. The van der Waals surface area contributed by atoms with Crippen LogP contribution in [0, 0.1) is 13.8 Å². The first-order chi connectivity index (χ1) is 8.99. The highest BCUT2D eigenvalue weighted by Crippen LogP contribution is 2.16. The van der Waals surface area contributed by atoms with Gasteiger partial charge >= 0.3 is 0 Å². The summed E-state index contributed by atoms with van der Waals surface area (Å²) in [5.41, 5.74) is 3.13. The lowest BCUT2D eigenvalue weighted by Gasteiger charge is -2.13. The molecule has 0 fully saturated rings. The molecule has 0 aromatic carbocycles. The topological polar surface area (TPSA) is 72.7 Å². The molecule has 6 heteroatoms. The fourth-order valence-electron chi connectivity index (χ4n) is 1.80. The Labute approximate surface area is 111 Å². The molecule has 0 radical (unpaired) electrons. The fraction of sp³-hybridized carbons (Fsp3) is 0.385. The number of amides is 1. The molecule has 100 valence electrons. The van der Waals surface area contributed by atoms with Crippen molar-refractivity contribution >= 4 is 5.91 Å². The SMILES string of the molecule is Cc1cnc(C(=O)NC(C)c2cnn(C)c2C)cn1. The van der Waals surface area contributed by atoms with Gasteiger partial charge < -0.3 is 5.32 Å². The second kappa shape index (κ2) is 5.17. The molecule has 2 aromatic heterocycles. The van der Waals surface area contributed by atoms with Crippen LogP contribution in [0.5, 0.6) is 0 Å². The van der Waals surface area contributed by atoms with E-state index in [1.54, 1.807) is 17.1 Å². The number of nitrogens with zero attached hydrogens (tertiary/aromatic N) is 4. The van der Waals surface area contributed by atoms with E-state index < -0.39 is 0 Å². The highest BCUT2D eigenvalue weighted by atomic mass is 16.1. The third-order valence-electron chi connectivity index (χ3n) is 3.10. The molecule has 0 spiro atoms. The average molecular weight is 259 g/mol. The van der Waals surface area contributed by atoms with Crippen molar-refractivity contribution in [2.24, 2.45) is 7.05 Å². The molecule has 1 N–H and O–H groups in total. The molecule has 1 amide bonds. The van der Waals surface area contributed by atoms with Crippen molar-refractivity contribution in [2.75, 3.05) is 0 Å². The van der Waals surface area contributed by atoms with E-state index in [9.17, 15) is 4.79 Å². The summed E-state index contributed by atoms with van der Waals surface area (Å²) >= 11 is 0. The quantitative estimate of drug-likeness (QED) is 0.902. The Kier molecular flexibility index (Phi) is 3.59. The van der Waals surface area contributed by atoms with E-state index in [-0.39, 0.29) is 11.9 Å².